The average Bonchev–Trinajstić information content (AvgIpc) is 3.10. The first kappa shape index (κ1) is 15.2. The van der Waals surface area contributed by atoms with E-state index in [1.54, 1.807) is 18.9 Å². The quantitative estimate of drug-likeness (QED) is 0.760. The minimum Gasteiger partial charge on any atom is -0.383 e. The number of rotatable bonds is 6. The highest BCUT2D eigenvalue weighted by Gasteiger charge is 2.18. The number of methoxy groups -OCH3 is 1. The van der Waals surface area contributed by atoms with Crippen molar-refractivity contribution < 1.29 is 9.47 Å². The summed E-state index contributed by atoms with van der Waals surface area (Å²) in [7, 11) is 1.72. The van der Waals surface area contributed by atoms with E-state index in [4.69, 9.17) is 26.1 Å². The lowest BCUT2D eigenvalue weighted by Gasteiger charge is -2.11. The predicted molar refractivity (Wildman–Crippen MR) is 86.3 cm³/mol. The van der Waals surface area contributed by atoms with Crippen molar-refractivity contribution in [3.63, 3.8) is 0 Å². The highest BCUT2D eigenvalue weighted by molar-refractivity contribution is 7.99. The Kier molecular flexibility index (Phi) is 5.06. The molecule has 4 nitrogen and oxygen atoms in total. The second-order valence-corrected chi connectivity index (χ2v) is 6.54. The van der Waals surface area contributed by atoms with Crippen LogP contribution in [-0.2, 0) is 16.0 Å². The molecule has 2 aromatic rings. The van der Waals surface area contributed by atoms with Gasteiger partial charge in [-0.15, -0.1) is 0 Å². The number of fused-ring (bicyclic) bond motifs is 1. The first-order chi connectivity index (χ1) is 10.3. The van der Waals surface area contributed by atoms with Crippen LogP contribution < -0.4 is 0 Å². The van der Waals surface area contributed by atoms with E-state index < -0.39 is 0 Å². The van der Waals surface area contributed by atoms with Gasteiger partial charge in [0.15, 0.2) is 5.16 Å². The molecule has 6 heteroatoms. The Labute approximate surface area is 133 Å². The fourth-order valence-electron chi connectivity index (χ4n) is 2.53. The maximum atomic E-state index is 6.06. The van der Waals surface area contributed by atoms with Gasteiger partial charge in [0, 0.05) is 31.0 Å². The van der Waals surface area contributed by atoms with E-state index in [-0.39, 0.29) is 0 Å². The molecule has 0 spiro atoms. The molecule has 3 rings (SSSR count). The van der Waals surface area contributed by atoms with E-state index >= 15 is 0 Å². The van der Waals surface area contributed by atoms with Gasteiger partial charge in [-0.1, -0.05) is 23.4 Å². The molecule has 1 aromatic carbocycles. The normalized spacial score (nSPS) is 18.7. The third-order valence-electron chi connectivity index (χ3n) is 3.62. The SMILES string of the molecule is COCCn1c(SCC2CCCO2)nc2cc(Cl)ccc21. The van der Waals surface area contributed by atoms with E-state index in [1.165, 1.54) is 6.42 Å². The highest BCUT2D eigenvalue weighted by atomic mass is 35.5. The molecule has 0 N–H and O–H groups in total. The summed E-state index contributed by atoms with van der Waals surface area (Å²) in [6.45, 7) is 2.35. The number of hydrogen-bond acceptors (Lipinski definition) is 4. The lowest BCUT2D eigenvalue weighted by Crippen LogP contribution is -2.10. The first-order valence-electron chi connectivity index (χ1n) is 7.17. The lowest BCUT2D eigenvalue weighted by atomic mass is 10.3. The number of benzene rings is 1. The van der Waals surface area contributed by atoms with Gasteiger partial charge in [-0.3, -0.25) is 0 Å². The van der Waals surface area contributed by atoms with Crippen LogP contribution in [0.15, 0.2) is 23.4 Å². The standard InChI is InChI=1S/C15H19ClN2O2S/c1-19-8-6-18-14-5-4-11(16)9-13(14)17-15(18)21-10-12-3-2-7-20-12/h4-5,9,12H,2-3,6-8,10H2,1H3. The maximum absolute atomic E-state index is 6.06. The number of aromatic nitrogens is 2. The molecule has 0 aliphatic carbocycles. The van der Waals surface area contributed by atoms with Gasteiger partial charge < -0.3 is 14.0 Å². The average molecular weight is 327 g/mol. The summed E-state index contributed by atoms with van der Waals surface area (Å²) in [5, 5.41) is 1.73. The van der Waals surface area contributed by atoms with Crippen molar-refractivity contribution in [3.8, 4) is 0 Å². The molecule has 0 amide bonds. The molecular weight excluding hydrogens is 308 g/mol. The summed E-state index contributed by atoms with van der Waals surface area (Å²) in [5.41, 5.74) is 2.04. The molecule has 1 aromatic heterocycles. The fourth-order valence-corrected chi connectivity index (χ4v) is 3.81. The van der Waals surface area contributed by atoms with Crippen LogP contribution in [0.3, 0.4) is 0 Å². The second-order valence-electron chi connectivity index (χ2n) is 5.12. The second kappa shape index (κ2) is 7.01. The van der Waals surface area contributed by atoms with Crippen LogP contribution in [0, 0.1) is 0 Å². The molecule has 1 saturated heterocycles. The monoisotopic (exact) mass is 326 g/mol. The van der Waals surface area contributed by atoms with Crippen LogP contribution in [-0.4, -0.2) is 41.7 Å². The zero-order valence-corrected chi connectivity index (χ0v) is 13.6. The molecule has 1 aliphatic heterocycles. The summed E-state index contributed by atoms with van der Waals surface area (Å²) in [4.78, 5) is 4.72. The summed E-state index contributed by atoms with van der Waals surface area (Å²) in [5.74, 6) is 0.948. The third-order valence-corrected chi connectivity index (χ3v) is 4.96. The van der Waals surface area contributed by atoms with Crippen LogP contribution in [0.4, 0.5) is 0 Å². The molecule has 0 bridgehead atoms. The van der Waals surface area contributed by atoms with E-state index in [0.717, 1.165) is 46.5 Å². The van der Waals surface area contributed by atoms with E-state index in [9.17, 15) is 0 Å². The smallest absolute Gasteiger partial charge is 0.169 e. The van der Waals surface area contributed by atoms with Crippen molar-refractivity contribution in [3.05, 3.63) is 23.2 Å². The van der Waals surface area contributed by atoms with Gasteiger partial charge in [-0.05, 0) is 31.0 Å². The topological polar surface area (TPSA) is 36.3 Å². The zero-order chi connectivity index (χ0) is 14.7. The van der Waals surface area contributed by atoms with Crippen LogP contribution in [0.25, 0.3) is 11.0 Å². The van der Waals surface area contributed by atoms with Crippen LogP contribution in [0.2, 0.25) is 5.02 Å². The van der Waals surface area contributed by atoms with Crippen molar-refractivity contribution in [2.24, 2.45) is 0 Å². The summed E-state index contributed by atoms with van der Waals surface area (Å²) >= 11 is 7.82. The maximum Gasteiger partial charge on any atom is 0.169 e. The van der Waals surface area contributed by atoms with Crippen LogP contribution in [0.1, 0.15) is 12.8 Å². The molecule has 2 heterocycles. The van der Waals surface area contributed by atoms with E-state index in [0.29, 0.717) is 12.7 Å². The van der Waals surface area contributed by atoms with Crippen molar-refractivity contribution in [2.75, 3.05) is 26.1 Å². The molecule has 1 fully saturated rings. The number of halogens is 1. The largest absolute Gasteiger partial charge is 0.383 e. The van der Waals surface area contributed by atoms with Gasteiger partial charge in [0.1, 0.15) is 0 Å². The minimum absolute atomic E-state index is 0.356. The molecule has 1 aliphatic rings. The van der Waals surface area contributed by atoms with Crippen LogP contribution in [0.5, 0.6) is 0 Å². The molecule has 1 atom stereocenters. The van der Waals surface area contributed by atoms with Crippen molar-refractivity contribution in [1.82, 2.24) is 9.55 Å². The van der Waals surface area contributed by atoms with Gasteiger partial charge in [0.2, 0.25) is 0 Å². The molecule has 0 saturated carbocycles. The Morgan fingerprint density at radius 3 is 3.19 bits per heavy atom. The molecular formula is C15H19ClN2O2S. The zero-order valence-electron chi connectivity index (χ0n) is 12.0. The number of thioether (sulfide) groups is 1. The van der Waals surface area contributed by atoms with Gasteiger partial charge in [0.25, 0.3) is 0 Å². The Bertz CT molecular complexity index is 611. The summed E-state index contributed by atoms with van der Waals surface area (Å²) in [6, 6.07) is 5.84. The van der Waals surface area contributed by atoms with Gasteiger partial charge >= 0.3 is 0 Å². The Morgan fingerprint density at radius 1 is 1.52 bits per heavy atom. The van der Waals surface area contributed by atoms with Gasteiger partial charge in [-0.25, -0.2) is 4.98 Å². The Balaban J connectivity index is 1.83. The van der Waals surface area contributed by atoms with Crippen LogP contribution >= 0.6 is 23.4 Å². The Hall–Kier alpha value is -0.750. The van der Waals surface area contributed by atoms with E-state index in [2.05, 4.69) is 4.57 Å². The van der Waals surface area contributed by atoms with Crippen molar-refractivity contribution in [1.29, 1.82) is 0 Å². The molecule has 114 valence electrons. The molecule has 21 heavy (non-hydrogen) atoms. The first-order valence-corrected chi connectivity index (χ1v) is 8.53. The molecule has 0 radical (unpaired) electrons. The Morgan fingerprint density at radius 2 is 2.43 bits per heavy atom. The summed E-state index contributed by atoms with van der Waals surface area (Å²) in [6.07, 6.45) is 2.67. The number of ether oxygens (including phenoxy) is 2. The van der Waals surface area contributed by atoms with Gasteiger partial charge in [0.05, 0.1) is 23.7 Å². The highest BCUT2D eigenvalue weighted by Crippen LogP contribution is 2.28. The van der Waals surface area contributed by atoms with Crippen molar-refractivity contribution in [2.45, 2.75) is 30.6 Å². The lowest BCUT2D eigenvalue weighted by molar-refractivity contribution is 0.129. The third kappa shape index (κ3) is 3.54. The predicted octanol–water partition coefficient (Wildman–Crippen LogP) is 3.61. The fraction of sp³-hybridized carbons (Fsp3) is 0.533. The number of hydrogen-bond donors (Lipinski definition) is 0. The van der Waals surface area contributed by atoms with Crippen molar-refractivity contribution >= 4 is 34.4 Å². The molecule has 1 unspecified atom stereocenters. The van der Waals surface area contributed by atoms with Gasteiger partial charge in [-0.2, -0.15) is 0 Å². The number of imidazole rings is 1. The number of nitrogens with zero attached hydrogens (tertiary/aromatic N) is 2. The summed E-state index contributed by atoms with van der Waals surface area (Å²) < 4.78 is 13.1. The minimum atomic E-state index is 0.356. The van der Waals surface area contributed by atoms with E-state index in [1.807, 2.05) is 18.2 Å².